The maximum Gasteiger partial charge on any atom is 0.161 e. The van der Waals surface area contributed by atoms with Crippen molar-refractivity contribution in [1.29, 1.82) is 0 Å². The van der Waals surface area contributed by atoms with Crippen LogP contribution >= 0.6 is 0 Å². The van der Waals surface area contributed by atoms with Gasteiger partial charge in [-0.05, 0) is 36.8 Å². The number of ether oxygens (including phenoxy) is 3. The van der Waals surface area contributed by atoms with E-state index in [1.54, 1.807) is 14.2 Å². The molecule has 0 spiro atoms. The van der Waals surface area contributed by atoms with Crippen molar-refractivity contribution >= 4 is 17.1 Å². The first-order valence-electron chi connectivity index (χ1n) is 7.69. The molecule has 0 saturated carbocycles. The highest BCUT2D eigenvalue weighted by Crippen LogP contribution is 2.29. The summed E-state index contributed by atoms with van der Waals surface area (Å²) in [7, 11) is 3.28. The smallest absolute Gasteiger partial charge is 0.161 e. The Morgan fingerprint density at radius 3 is 2.67 bits per heavy atom. The zero-order valence-electron chi connectivity index (χ0n) is 14.0. The van der Waals surface area contributed by atoms with Gasteiger partial charge in [0.1, 0.15) is 18.2 Å². The van der Waals surface area contributed by atoms with Crippen LogP contribution in [0.15, 0.2) is 42.5 Å². The Kier molecular flexibility index (Phi) is 4.70. The highest BCUT2D eigenvalue weighted by atomic mass is 16.5. The summed E-state index contributed by atoms with van der Waals surface area (Å²) < 4.78 is 16.5. The fourth-order valence-corrected chi connectivity index (χ4v) is 2.48. The summed E-state index contributed by atoms with van der Waals surface area (Å²) >= 11 is 0. The van der Waals surface area contributed by atoms with Crippen LogP contribution in [0, 0.1) is 0 Å². The topological polar surface area (TPSA) is 56.4 Å². The molecule has 0 amide bonds. The summed E-state index contributed by atoms with van der Waals surface area (Å²) in [5.41, 5.74) is 2.87. The molecule has 0 aliphatic carbocycles. The summed E-state index contributed by atoms with van der Waals surface area (Å²) in [5.74, 6) is 2.92. The standard InChI is InChI=1S/C19H20N2O3/c1-4-5-13-6-9-17(18(10-13)23-3)24-12-19-20-15-8-7-14(22-2)11-16(15)21-19/h4-11H,12H2,1-3H3,(H,20,21). The summed E-state index contributed by atoms with van der Waals surface area (Å²) in [4.78, 5) is 7.76. The number of nitrogens with zero attached hydrogens (tertiary/aromatic N) is 1. The van der Waals surface area contributed by atoms with E-state index in [9.17, 15) is 0 Å². The number of nitrogens with one attached hydrogen (secondary N) is 1. The van der Waals surface area contributed by atoms with Gasteiger partial charge in [-0.1, -0.05) is 18.2 Å². The molecule has 5 nitrogen and oxygen atoms in total. The highest BCUT2D eigenvalue weighted by Gasteiger charge is 2.08. The predicted octanol–water partition coefficient (Wildman–Crippen LogP) is 4.19. The van der Waals surface area contributed by atoms with Crippen molar-refractivity contribution in [2.75, 3.05) is 14.2 Å². The largest absolute Gasteiger partial charge is 0.497 e. The van der Waals surface area contributed by atoms with Crippen LogP contribution in [0.5, 0.6) is 17.2 Å². The first-order chi connectivity index (χ1) is 11.7. The molecule has 1 aromatic heterocycles. The lowest BCUT2D eigenvalue weighted by Crippen LogP contribution is -1.99. The average molecular weight is 324 g/mol. The van der Waals surface area contributed by atoms with Gasteiger partial charge in [0, 0.05) is 6.07 Å². The fraction of sp³-hybridized carbons (Fsp3) is 0.211. The SMILES string of the molecule is CC=Cc1ccc(OCc2nc3ccc(OC)cc3[nH]2)c(OC)c1. The number of imidazole rings is 1. The van der Waals surface area contributed by atoms with E-state index < -0.39 is 0 Å². The first kappa shape index (κ1) is 15.9. The lowest BCUT2D eigenvalue weighted by Gasteiger charge is -2.10. The minimum absolute atomic E-state index is 0.330. The molecule has 0 unspecified atom stereocenters. The van der Waals surface area contributed by atoms with Crippen LogP contribution in [0.25, 0.3) is 17.1 Å². The van der Waals surface area contributed by atoms with Crippen molar-refractivity contribution in [2.24, 2.45) is 0 Å². The number of hydrogen-bond donors (Lipinski definition) is 1. The molecule has 0 saturated heterocycles. The van der Waals surface area contributed by atoms with Crippen LogP contribution in [0.1, 0.15) is 18.3 Å². The van der Waals surface area contributed by atoms with E-state index in [1.165, 1.54) is 0 Å². The van der Waals surface area contributed by atoms with E-state index in [-0.39, 0.29) is 0 Å². The number of hydrogen-bond acceptors (Lipinski definition) is 4. The third kappa shape index (κ3) is 3.35. The van der Waals surface area contributed by atoms with Crippen molar-refractivity contribution in [3.05, 3.63) is 53.9 Å². The molecule has 2 aromatic carbocycles. The van der Waals surface area contributed by atoms with Gasteiger partial charge < -0.3 is 19.2 Å². The third-order valence-corrected chi connectivity index (χ3v) is 3.65. The van der Waals surface area contributed by atoms with Crippen molar-refractivity contribution in [2.45, 2.75) is 13.5 Å². The summed E-state index contributed by atoms with van der Waals surface area (Å²) in [6, 6.07) is 11.6. The average Bonchev–Trinajstić information content (AvgIpc) is 3.02. The lowest BCUT2D eigenvalue weighted by atomic mass is 10.2. The van der Waals surface area contributed by atoms with Crippen molar-refractivity contribution in [3.8, 4) is 17.2 Å². The van der Waals surface area contributed by atoms with E-state index in [0.717, 1.165) is 28.2 Å². The van der Waals surface area contributed by atoms with Crippen LogP contribution in [-0.4, -0.2) is 24.2 Å². The molecular formula is C19H20N2O3. The van der Waals surface area contributed by atoms with E-state index >= 15 is 0 Å². The quantitative estimate of drug-likeness (QED) is 0.738. The Hall–Kier alpha value is -2.95. The Morgan fingerprint density at radius 2 is 1.92 bits per heavy atom. The maximum absolute atomic E-state index is 5.86. The van der Waals surface area contributed by atoms with Crippen molar-refractivity contribution in [3.63, 3.8) is 0 Å². The number of allylic oxidation sites excluding steroid dienone is 1. The zero-order valence-corrected chi connectivity index (χ0v) is 14.0. The monoisotopic (exact) mass is 324 g/mol. The Bertz CT molecular complexity index is 868. The summed E-state index contributed by atoms with van der Waals surface area (Å²) in [6.45, 7) is 2.31. The van der Waals surface area contributed by atoms with Crippen LogP contribution < -0.4 is 14.2 Å². The number of rotatable bonds is 6. The molecule has 0 fully saturated rings. The van der Waals surface area contributed by atoms with Gasteiger partial charge in [-0.15, -0.1) is 0 Å². The molecule has 0 atom stereocenters. The number of H-pyrrole nitrogens is 1. The molecule has 0 aliphatic heterocycles. The van der Waals surface area contributed by atoms with Gasteiger partial charge in [0.2, 0.25) is 0 Å². The van der Waals surface area contributed by atoms with Gasteiger partial charge in [0.05, 0.1) is 25.3 Å². The van der Waals surface area contributed by atoms with Crippen LogP contribution in [0.3, 0.4) is 0 Å². The van der Waals surface area contributed by atoms with Crippen LogP contribution in [0.2, 0.25) is 0 Å². The zero-order chi connectivity index (χ0) is 16.9. The van der Waals surface area contributed by atoms with Gasteiger partial charge in [-0.2, -0.15) is 0 Å². The number of benzene rings is 2. The molecule has 0 radical (unpaired) electrons. The third-order valence-electron chi connectivity index (χ3n) is 3.65. The molecule has 5 heteroatoms. The second-order valence-corrected chi connectivity index (χ2v) is 5.27. The number of fused-ring (bicyclic) bond motifs is 1. The molecule has 0 aliphatic rings. The van der Waals surface area contributed by atoms with E-state index in [4.69, 9.17) is 14.2 Å². The van der Waals surface area contributed by atoms with Gasteiger partial charge in [-0.3, -0.25) is 0 Å². The van der Waals surface area contributed by atoms with Gasteiger partial charge in [0.15, 0.2) is 11.5 Å². The summed E-state index contributed by atoms with van der Waals surface area (Å²) in [6.07, 6.45) is 4.00. The Balaban J connectivity index is 1.77. The molecule has 3 aromatic rings. The normalized spacial score (nSPS) is 11.1. The second-order valence-electron chi connectivity index (χ2n) is 5.27. The maximum atomic E-state index is 5.86. The Labute approximate surface area is 140 Å². The minimum atomic E-state index is 0.330. The fourth-order valence-electron chi connectivity index (χ4n) is 2.48. The minimum Gasteiger partial charge on any atom is -0.497 e. The van der Waals surface area contributed by atoms with Crippen molar-refractivity contribution in [1.82, 2.24) is 9.97 Å². The lowest BCUT2D eigenvalue weighted by molar-refractivity contribution is 0.277. The van der Waals surface area contributed by atoms with Gasteiger partial charge in [-0.25, -0.2) is 4.98 Å². The van der Waals surface area contributed by atoms with Gasteiger partial charge in [0.25, 0.3) is 0 Å². The van der Waals surface area contributed by atoms with Crippen LogP contribution in [-0.2, 0) is 6.61 Å². The molecular weight excluding hydrogens is 304 g/mol. The van der Waals surface area contributed by atoms with Crippen LogP contribution in [0.4, 0.5) is 0 Å². The van der Waals surface area contributed by atoms with Gasteiger partial charge >= 0.3 is 0 Å². The first-order valence-corrected chi connectivity index (χ1v) is 7.69. The number of aromatic amines is 1. The Morgan fingerprint density at radius 1 is 1.04 bits per heavy atom. The molecule has 24 heavy (non-hydrogen) atoms. The number of aromatic nitrogens is 2. The predicted molar refractivity (Wildman–Crippen MR) is 94.7 cm³/mol. The van der Waals surface area contributed by atoms with Crippen molar-refractivity contribution < 1.29 is 14.2 Å². The van der Waals surface area contributed by atoms with E-state index in [0.29, 0.717) is 18.1 Å². The van der Waals surface area contributed by atoms with E-state index in [1.807, 2.05) is 55.5 Å². The molecule has 1 N–H and O–H groups in total. The summed E-state index contributed by atoms with van der Waals surface area (Å²) in [5, 5.41) is 0. The molecule has 3 rings (SSSR count). The molecule has 124 valence electrons. The second kappa shape index (κ2) is 7.08. The highest BCUT2D eigenvalue weighted by molar-refractivity contribution is 5.76. The molecule has 0 bridgehead atoms. The molecule has 1 heterocycles. The van der Waals surface area contributed by atoms with E-state index in [2.05, 4.69) is 9.97 Å². The number of methoxy groups -OCH3 is 2.